The number of fused-ring (bicyclic) bond motifs is 1. The van der Waals surface area contributed by atoms with E-state index in [9.17, 15) is 14.9 Å². The number of carbonyl (C=O) groups is 1. The normalized spacial score (nSPS) is 12.3. The molecule has 9 heteroatoms. The van der Waals surface area contributed by atoms with Crippen molar-refractivity contribution in [3.63, 3.8) is 0 Å². The van der Waals surface area contributed by atoms with E-state index in [4.69, 9.17) is 0 Å². The Morgan fingerprint density at radius 2 is 2.08 bits per heavy atom. The second-order valence-electron chi connectivity index (χ2n) is 5.49. The highest BCUT2D eigenvalue weighted by atomic mass is 16.6. The molecule has 1 amide bonds. The Morgan fingerprint density at radius 1 is 1.38 bits per heavy atom. The number of nitrogens with zero attached hydrogens (tertiary/aromatic N) is 5. The molecular weight excluding hydrogens is 312 g/mol. The van der Waals surface area contributed by atoms with Gasteiger partial charge in [0.15, 0.2) is 0 Å². The van der Waals surface area contributed by atoms with E-state index in [1.54, 1.807) is 18.5 Å². The minimum Gasteiger partial charge on any atom is -0.313 e. The number of nitrogens with one attached hydrogen (secondary N) is 1. The van der Waals surface area contributed by atoms with Crippen LogP contribution in [0.15, 0.2) is 30.5 Å². The Morgan fingerprint density at radius 3 is 2.71 bits per heavy atom. The molecule has 0 radical (unpaired) electrons. The first-order valence-electron chi connectivity index (χ1n) is 7.31. The van der Waals surface area contributed by atoms with Gasteiger partial charge in [0.1, 0.15) is 17.9 Å². The molecule has 1 atom stereocenters. The van der Waals surface area contributed by atoms with Gasteiger partial charge in [-0.3, -0.25) is 24.9 Å². The van der Waals surface area contributed by atoms with Crippen molar-refractivity contribution < 1.29 is 9.72 Å². The Bertz CT molecular complexity index is 942. The molecule has 2 heterocycles. The van der Waals surface area contributed by atoms with Crippen molar-refractivity contribution in [1.82, 2.24) is 19.3 Å². The quantitative estimate of drug-likeness (QED) is 0.583. The van der Waals surface area contributed by atoms with Gasteiger partial charge in [-0.05, 0) is 26.0 Å². The highest BCUT2D eigenvalue weighted by molar-refractivity contribution is 5.93. The maximum Gasteiger partial charge on any atom is 0.309 e. The number of rotatable bonds is 4. The molecule has 24 heavy (non-hydrogen) atoms. The van der Waals surface area contributed by atoms with E-state index in [-0.39, 0.29) is 17.3 Å². The summed E-state index contributed by atoms with van der Waals surface area (Å²) in [5, 5.41) is 17.7. The fourth-order valence-electron chi connectivity index (χ4n) is 2.44. The van der Waals surface area contributed by atoms with Gasteiger partial charge in [0.2, 0.25) is 5.95 Å². The molecular formula is C15H16N6O3. The topological polar surface area (TPSA) is 108 Å². The summed E-state index contributed by atoms with van der Waals surface area (Å²) in [6, 6.07) is 6.81. The first-order valence-corrected chi connectivity index (χ1v) is 7.31. The fraction of sp³-hybridized carbons (Fsp3) is 0.267. The molecule has 2 aromatic heterocycles. The van der Waals surface area contributed by atoms with Crippen molar-refractivity contribution in [2.45, 2.75) is 19.9 Å². The third kappa shape index (κ3) is 2.60. The number of benzene rings is 1. The molecule has 1 unspecified atom stereocenters. The summed E-state index contributed by atoms with van der Waals surface area (Å²) in [5.41, 5.74) is 1.82. The molecule has 0 spiro atoms. The average Bonchev–Trinajstić information content (AvgIpc) is 3.08. The van der Waals surface area contributed by atoms with Crippen molar-refractivity contribution >= 4 is 28.6 Å². The molecule has 3 rings (SSSR count). The van der Waals surface area contributed by atoms with E-state index >= 15 is 0 Å². The van der Waals surface area contributed by atoms with Crippen molar-refractivity contribution in [2.75, 3.05) is 5.32 Å². The molecule has 0 saturated heterocycles. The van der Waals surface area contributed by atoms with Gasteiger partial charge in [-0.15, -0.1) is 0 Å². The summed E-state index contributed by atoms with van der Waals surface area (Å²) in [4.78, 5) is 27.2. The van der Waals surface area contributed by atoms with Gasteiger partial charge in [-0.25, -0.2) is 4.98 Å². The Hall–Kier alpha value is -3.23. The lowest BCUT2D eigenvalue weighted by atomic mass is 10.3. The summed E-state index contributed by atoms with van der Waals surface area (Å²) < 4.78 is 3.06. The first kappa shape index (κ1) is 15.7. The van der Waals surface area contributed by atoms with E-state index < -0.39 is 11.0 Å². The van der Waals surface area contributed by atoms with E-state index in [2.05, 4.69) is 15.4 Å². The molecule has 3 aromatic rings. The number of hydrogen-bond acceptors (Lipinski definition) is 5. The largest absolute Gasteiger partial charge is 0.313 e. The van der Waals surface area contributed by atoms with Gasteiger partial charge in [0.25, 0.3) is 5.91 Å². The molecule has 124 valence electrons. The third-order valence-corrected chi connectivity index (χ3v) is 3.89. The lowest BCUT2D eigenvalue weighted by molar-refractivity contribution is -0.385. The van der Waals surface area contributed by atoms with Gasteiger partial charge in [-0.1, -0.05) is 12.1 Å². The van der Waals surface area contributed by atoms with Gasteiger partial charge >= 0.3 is 5.69 Å². The molecule has 1 aromatic carbocycles. The zero-order chi connectivity index (χ0) is 17.4. The Labute approximate surface area is 137 Å². The number of para-hydroxylation sites is 2. The molecule has 1 N–H and O–H groups in total. The highest BCUT2D eigenvalue weighted by Gasteiger charge is 2.23. The highest BCUT2D eigenvalue weighted by Crippen LogP contribution is 2.21. The predicted octanol–water partition coefficient (Wildman–Crippen LogP) is 2.19. The van der Waals surface area contributed by atoms with Gasteiger partial charge in [0, 0.05) is 7.05 Å². The summed E-state index contributed by atoms with van der Waals surface area (Å²) >= 11 is 0. The van der Waals surface area contributed by atoms with Crippen molar-refractivity contribution in [2.24, 2.45) is 7.05 Å². The minimum atomic E-state index is -0.711. The summed E-state index contributed by atoms with van der Waals surface area (Å²) in [6.07, 6.45) is 1.26. The van der Waals surface area contributed by atoms with Crippen LogP contribution in [0.1, 0.15) is 18.7 Å². The predicted molar refractivity (Wildman–Crippen MR) is 87.7 cm³/mol. The number of aryl methyl sites for hydroxylation is 2. The lowest BCUT2D eigenvalue weighted by Crippen LogP contribution is -2.25. The van der Waals surface area contributed by atoms with E-state index in [1.807, 2.05) is 24.3 Å². The van der Waals surface area contributed by atoms with Crippen LogP contribution in [0.5, 0.6) is 0 Å². The number of carbonyl (C=O) groups excluding carboxylic acids is 1. The van der Waals surface area contributed by atoms with Crippen LogP contribution in [0.25, 0.3) is 11.0 Å². The van der Waals surface area contributed by atoms with Gasteiger partial charge < -0.3 is 4.57 Å². The number of aromatic nitrogens is 4. The Kier molecular flexibility index (Phi) is 3.76. The van der Waals surface area contributed by atoms with Gasteiger partial charge in [-0.2, -0.15) is 5.10 Å². The minimum absolute atomic E-state index is 0.114. The molecule has 0 aliphatic rings. The van der Waals surface area contributed by atoms with E-state index in [0.717, 1.165) is 11.0 Å². The van der Waals surface area contributed by atoms with E-state index in [1.165, 1.54) is 17.8 Å². The van der Waals surface area contributed by atoms with Gasteiger partial charge in [0.05, 0.1) is 16.0 Å². The molecule has 0 aliphatic heterocycles. The maximum atomic E-state index is 12.4. The average molecular weight is 328 g/mol. The maximum absolute atomic E-state index is 12.4. The molecule has 9 nitrogen and oxygen atoms in total. The number of hydrogen-bond donors (Lipinski definition) is 1. The van der Waals surface area contributed by atoms with E-state index in [0.29, 0.717) is 5.95 Å². The summed E-state index contributed by atoms with van der Waals surface area (Å²) in [5.74, 6) is 0.0530. The third-order valence-electron chi connectivity index (χ3n) is 3.89. The monoisotopic (exact) mass is 328 g/mol. The van der Waals surface area contributed by atoms with Crippen LogP contribution >= 0.6 is 0 Å². The zero-order valence-corrected chi connectivity index (χ0v) is 13.4. The first-order chi connectivity index (χ1) is 11.4. The summed E-state index contributed by atoms with van der Waals surface area (Å²) in [7, 11) is 1.80. The smallest absolute Gasteiger partial charge is 0.309 e. The van der Waals surface area contributed by atoms with Crippen LogP contribution in [0.4, 0.5) is 11.6 Å². The number of nitro groups is 1. The summed E-state index contributed by atoms with van der Waals surface area (Å²) in [6.45, 7) is 3.15. The molecule has 0 saturated carbocycles. The standard InChI is InChI=1S/C15H16N6O3/c1-9-13(21(23)24)8-20(18-9)10(2)14(22)17-15-16-11-6-4-5-7-12(11)19(15)3/h4-8,10H,1-3H3,(H,16,17,22). The van der Waals surface area contributed by atoms with Crippen LogP contribution in [0.2, 0.25) is 0 Å². The van der Waals surface area contributed by atoms with Crippen LogP contribution in [-0.4, -0.2) is 30.2 Å². The second kappa shape index (κ2) is 5.76. The second-order valence-corrected chi connectivity index (χ2v) is 5.49. The van der Waals surface area contributed by atoms with Crippen LogP contribution in [-0.2, 0) is 11.8 Å². The number of amides is 1. The van der Waals surface area contributed by atoms with Crippen LogP contribution in [0, 0.1) is 17.0 Å². The number of imidazole rings is 1. The van der Waals surface area contributed by atoms with Crippen molar-refractivity contribution in [1.29, 1.82) is 0 Å². The number of anilines is 1. The van der Waals surface area contributed by atoms with Crippen molar-refractivity contribution in [3.8, 4) is 0 Å². The lowest BCUT2D eigenvalue weighted by Gasteiger charge is -2.12. The Balaban J connectivity index is 1.84. The molecule has 0 fully saturated rings. The fourth-order valence-corrected chi connectivity index (χ4v) is 2.44. The SMILES string of the molecule is Cc1nn(C(C)C(=O)Nc2nc3ccccc3n2C)cc1[N+](=O)[O-]. The molecule has 0 bridgehead atoms. The zero-order valence-electron chi connectivity index (χ0n) is 13.4. The van der Waals surface area contributed by atoms with Crippen LogP contribution in [0.3, 0.4) is 0 Å². The van der Waals surface area contributed by atoms with Crippen LogP contribution < -0.4 is 5.32 Å². The molecule has 0 aliphatic carbocycles. The van der Waals surface area contributed by atoms with Crippen molar-refractivity contribution in [3.05, 3.63) is 46.3 Å².